The summed E-state index contributed by atoms with van der Waals surface area (Å²) in [6.45, 7) is 1.09. The number of carbonyl (C=O) groups is 4. The van der Waals surface area contributed by atoms with Gasteiger partial charge in [-0.1, -0.05) is 103 Å². The Kier molecular flexibility index (Phi) is 20.4. The average Bonchev–Trinajstić information content (AvgIpc) is 2.83. The first kappa shape index (κ1) is 35.8. The van der Waals surface area contributed by atoms with Crippen molar-refractivity contribution in [1.82, 2.24) is 0 Å². The topological polar surface area (TPSA) is 182 Å². The molecule has 3 N–H and O–H groups in total. The predicted molar refractivity (Wildman–Crippen MR) is 140 cm³/mol. The summed E-state index contributed by atoms with van der Waals surface area (Å²) < 4.78 is 41.5. The Balaban J connectivity index is 3.95. The molecular formula is C26H46O11S. The number of ether oxygens (including phenoxy) is 2. The summed E-state index contributed by atoms with van der Waals surface area (Å²) in [7, 11) is -5.08. The van der Waals surface area contributed by atoms with E-state index in [4.69, 9.17) is 14.9 Å². The fraction of sp³-hybridized carbons (Fsp3) is 0.846. The van der Waals surface area contributed by atoms with E-state index in [1.54, 1.807) is 0 Å². The van der Waals surface area contributed by atoms with Gasteiger partial charge in [0, 0.05) is 0 Å². The quantitative estimate of drug-likeness (QED) is 0.0599. The molecule has 1 atom stereocenters. The van der Waals surface area contributed by atoms with E-state index in [2.05, 4.69) is 11.7 Å². The van der Waals surface area contributed by atoms with Crippen molar-refractivity contribution in [2.24, 2.45) is 5.92 Å². The highest BCUT2D eigenvalue weighted by molar-refractivity contribution is 7.87. The van der Waals surface area contributed by atoms with Gasteiger partial charge < -0.3 is 19.7 Å². The molecule has 0 fully saturated rings. The minimum atomic E-state index is -5.08. The van der Waals surface area contributed by atoms with E-state index in [0.717, 1.165) is 25.7 Å². The van der Waals surface area contributed by atoms with E-state index in [1.165, 1.54) is 70.6 Å². The van der Waals surface area contributed by atoms with Crippen LogP contribution in [0.25, 0.3) is 0 Å². The molecule has 222 valence electrons. The van der Waals surface area contributed by atoms with Crippen LogP contribution in [0.5, 0.6) is 0 Å². The number of hydrogen-bond acceptors (Lipinski definition) is 8. The van der Waals surface area contributed by atoms with Gasteiger partial charge in [0.1, 0.15) is 6.61 Å². The zero-order valence-electron chi connectivity index (χ0n) is 22.6. The van der Waals surface area contributed by atoms with Crippen LogP contribution in [-0.2, 0) is 38.8 Å². The van der Waals surface area contributed by atoms with Gasteiger partial charge >= 0.3 is 23.9 Å². The van der Waals surface area contributed by atoms with E-state index < -0.39 is 58.2 Å². The van der Waals surface area contributed by atoms with Crippen LogP contribution in [0.4, 0.5) is 0 Å². The molecule has 0 aromatic heterocycles. The first-order valence-electron chi connectivity index (χ1n) is 13.7. The van der Waals surface area contributed by atoms with Crippen LogP contribution in [0, 0.1) is 5.92 Å². The number of rotatable bonds is 25. The summed E-state index contributed by atoms with van der Waals surface area (Å²) in [4.78, 5) is 45.5. The van der Waals surface area contributed by atoms with Crippen molar-refractivity contribution >= 4 is 34.0 Å². The summed E-state index contributed by atoms with van der Waals surface area (Å²) in [5.41, 5.74) is 0. The lowest BCUT2D eigenvalue weighted by atomic mass is 10.0. The van der Waals surface area contributed by atoms with Crippen molar-refractivity contribution in [3.63, 3.8) is 0 Å². The number of carboxylic acids is 2. The van der Waals surface area contributed by atoms with Crippen LogP contribution in [0.1, 0.15) is 116 Å². The predicted octanol–water partition coefficient (Wildman–Crippen LogP) is 4.77. The SMILES string of the molecule is CCCCCCCCCCCCCCCCCCOC(=O)CC(C(=O)OCC(C(=O)O)C(=O)O)S(=O)(=O)O. The molecule has 0 aromatic carbocycles. The number of carbonyl (C=O) groups excluding carboxylic acids is 2. The van der Waals surface area contributed by atoms with Crippen LogP contribution in [0.15, 0.2) is 0 Å². The van der Waals surface area contributed by atoms with Gasteiger partial charge in [-0.2, -0.15) is 8.42 Å². The molecule has 1 unspecified atom stereocenters. The van der Waals surface area contributed by atoms with Gasteiger partial charge in [0.2, 0.25) is 0 Å². The van der Waals surface area contributed by atoms with E-state index in [0.29, 0.717) is 6.42 Å². The Morgan fingerprint density at radius 3 is 1.42 bits per heavy atom. The molecule has 0 aliphatic rings. The van der Waals surface area contributed by atoms with Gasteiger partial charge in [0.15, 0.2) is 11.2 Å². The fourth-order valence-electron chi connectivity index (χ4n) is 3.86. The number of carboxylic acid groups (broad SMARTS) is 2. The van der Waals surface area contributed by atoms with Gasteiger partial charge in [0.25, 0.3) is 10.1 Å². The molecule has 0 aliphatic carbocycles. The smallest absolute Gasteiger partial charge is 0.327 e. The number of aliphatic carboxylic acids is 2. The van der Waals surface area contributed by atoms with Crippen molar-refractivity contribution in [2.45, 2.75) is 121 Å². The highest BCUT2D eigenvalue weighted by Gasteiger charge is 2.37. The summed E-state index contributed by atoms with van der Waals surface area (Å²) in [5, 5.41) is 15.2. The zero-order chi connectivity index (χ0) is 28.8. The first-order chi connectivity index (χ1) is 18.0. The van der Waals surface area contributed by atoms with Crippen LogP contribution >= 0.6 is 0 Å². The maximum absolute atomic E-state index is 12.0. The molecule has 11 nitrogen and oxygen atoms in total. The Morgan fingerprint density at radius 1 is 0.658 bits per heavy atom. The summed E-state index contributed by atoms with van der Waals surface area (Å²) >= 11 is 0. The zero-order valence-corrected chi connectivity index (χ0v) is 23.4. The number of esters is 2. The third-order valence-corrected chi connectivity index (χ3v) is 7.30. The molecule has 0 saturated carbocycles. The second kappa shape index (κ2) is 21.7. The lowest BCUT2D eigenvalue weighted by Gasteiger charge is -2.14. The minimum absolute atomic E-state index is 0.0185. The van der Waals surface area contributed by atoms with Crippen molar-refractivity contribution in [2.75, 3.05) is 13.2 Å². The van der Waals surface area contributed by atoms with E-state index in [9.17, 15) is 32.1 Å². The molecule has 12 heteroatoms. The normalized spacial score (nSPS) is 12.3. The third kappa shape index (κ3) is 18.9. The van der Waals surface area contributed by atoms with Crippen LogP contribution in [0.3, 0.4) is 0 Å². The van der Waals surface area contributed by atoms with E-state index in [-0.39, 0.29) is 6.61 Å². The molecule has 0 heterocycles. The molecule has 0 amide bonds. The highest BCUT2D eigenvalue weighted by Crippen LogP contribution is 2.14. The number of hydrogen-bond donors (Lipinski definition) is 3. The molecule has 38 heavy (non-hydrogen) atoms. The Labute approximate surface area is 226 Å². The molecule has 0 rings (SSSR count). The molecular weight excluding hydrogens is 520 g/mol. The number of unbranched alkanes of at least 4 members (excludes halogenated alkanes) is 15. The van der Waals surface area contributed by atoms with Crippen molar-refractivity contribution in [3.05, 3.63) is 0 Å². The van der Waals surface area contributed by atoms with Crippen LogP contribution < -0.4 is 0 Å². The molecule has 0 aliphatic heterocycles. The van der Waals surface area contributed by atoms with Gasteiger partial charge in [-0.3, -0.25) is 23.7 Å². The summed E-state index contributed by atoms with van der Waals surface area (Å²) in [6, 6.07) is 0. The Hall–Kier alpha value is -2.21. The Bertz CT molecular complexity index is 781. The maximum Gasteiger partial charge on any atom is 0.327 e. The van der Waals surface area contributed by atoms with Gasteiger partial charge in [-0.15, -0.1) is 0 Å². The minimum Gasteiger partial charge on any atom is -0.481 e. The van der Waals surface area contributed by atoms with Gasteiger partial charge in [0.05, 0.1) is 13.0 Å². The first-order valence-corrected chi connectivity index (χ1v) is 15.2. The van der Waals surface area contributed by atoms with Crippen molar-refractivity contribution in [1.29, 1.82) is 0 Å². The van der Waals surface area contributed by atoms with Gasteiger partial charge in [-0.25, -0.2) is 0 Å². The maximum atomic E-state index is 12.0. The molecule has 0 saturated heterocycles. The highest BCUT2D eigenvalue weighted by atomic mass is 32.2. The van der Waals surface area contributed by atoms with Crippen molar-refractivity contribution in [3.8, 4) is 0 Å². The van der Waals surface area contributed by atoms with Crippen molar-refractivity contribution < 1.29 is 51.8 Å². The lowest BCUT2D eigenvalue weighted by Crippen LogP contribution is -2.37. The average molecular weight is 567 g/mol. The molecule has 0 radical (unpaired) electrons. The standard InChI is InChI=1S/C26H46O11S/c1-2-3-4-5-6-7-8-9-10-11-12-13-14-15-16-17-18-36-23(27)19-22(38(33,34)35)26(32)37-20-21(24(28)29)25(30)31/h21-22H,2-20H2,1H3,(H,28,29)(H,30,31)(H,33,34,35). The van der Waals surface area contributed by atoms with Crippen LogP contribution in [-0.4, -0.2) is 65.5 Å². The molecule has 0 aromatic rings. The van der Waals surface area contributed by atoms with E-state index in [1.807, 2.05) is 0 Å². The lowest BCUT2D eigenvalue weighted by molar-refractivity contribution is -0.161. The summed E-state index contributed by atoms with van der Waals surface area (Å²) in [5.74, 6) is -8.42. The fourth-order valence-corrected chi connectivity index (χ4v) is 4.52. The van der Waals surface area contributed by atoms with E-state index >= 15 is 0 Å². The second-order valence-corrected chi connectivity index (χ2v) is 11.2. The second-order valence-electron chi connectivity index (χ2n) is 9.59. The van der Waals surface area contributed by atoms with Gasteiger partial charge in [-0.05, 0) is 6.42 Å². The van der Waals surface area contributed by atoms with Crippen LogP contribution in [0.2, 0.25) is 0 Å². The summed E-state index contributed by atoms with van der Waals surface area (Å²) in [6.07, 6.45) is 18.0. The molecule has 0 spiro atoms. The third-order valence-electron chi connectivity index (χ3n) is 6.22. The monoisotopic (exact) mass is 566 g/mol. The molecule has 0 bridgehead atoms. The Morgan fingerprint density at radius 2 is 1.05 bits per heavy atom. The largest absolute Gasteiger partial charge is 0.481 e.